The van der Waals surface area contributed by atoms with E-state index in [9.17, 15) is 9.59 Å². The molecule has 0 aliphatic carbocycles. The number of hydrogen-bond acceptors (Lipinski definition) is 4. The van der Waals surface area contributed by atoms with Crippen molar-refractivity contribution in [3.63, 3.8) is 0 Å². The van der Waals surface area contributed by atoms with Crippen molar-refractivity contribution in [2.45, 2.75) is 13.8 Å². The fourth-order valence-electron chi connectivity index (χ4n) is 1.75. The molecular weight excluding hydrogens is 250 g/mol. The van der Waals surface area contributed by atoms with E-state index in [-0.39, 0.29) is 11.3 Å². The summed E-state index contributed by atoms with van der Waals surface area (Å²) in [6.45, 7) is 3.59. The summed E-state index contributed by atoms with van der Waals surface area (Å²) >= 11 is 0. The lowest BCUT2D eigenvalue weighted by molar-refractivity contribution is 0.0650. The molecule has 1 aromatic carbocycles. The van der Waals surface area contributed by atoms with Crippen LogP contribution >= 0.6 is 0 Å². The van der Waals surface area contributed by atoms with Gasteiger partial charge >= 0.3 is 11.9 Å². The maximum atomic E-state index is 11.0. The number of carbonyl (C=O) groups is 2. The molecule has 0 radical (unpaired) electrons. The van der Waals surface area contributed by atoms with Gasteiger partial charge in [-0.3, -0.25) is 0 Å². The Balaban J connectivity index is 2.59. The lowest BCUT2D eigenvalue weighted by Crippen LogP contribution is -1.99. The fraction of sp³-hybridized carbons (Fsp3) is 0.154. The SMILES string of the molecule is Cc1cc(C(=O)O)cc(-c2cc(C(=O)O)on2)c1C. The molecule has 19 heavy (non-hydrogen) atoms. The highest BCUT2D eigenvalue weighted by Crippen LogP contribution is 2.27. The van der Waals surface area contributed by atoms with Crippen molar-refractivity contribution in [3.05, 3.63) is 40.6 Å². The molecule has 6 heteroatoms. The zero-order valence-corrected chi connectivity index (χ0v) is 10.3. The van der Waals surface area contributed by atoms with E-state index < -0.39 is 11.9 Å². The van der Waals surface area contributed by atoms with Crippen LogP contribution in [-0.4, -0.2) is 27.3 Å². The van der Waals surface area contributed by atoms with Gasteiger partial charge in [-0.15, -0.1) is 0 Å². The molecule has 0 amide bonds. The number of benzene rings is 1. The Hall–Kier alpha value is -2.63. The van der Waals surface area contributed by atoms with Gasteiger partial charge in [0.1, 0.15) is 5.69 Å². The van der Waals surface area contributed by atoms with Crippen LogP contribution in [0.3, 0.4) is 0 Å². The highest BCUT2D eigenvalue weighted by Gasteiger charge is 2.16. The molecule has 2 N–H and O–H groups in total. The van der Waals surface area contributed by atoms with Crippen LogP contribution in [0.2, 0.25) is 0 Å². The van der Waals surface area contributed by atoms with E-state index >= 15 is 0 Å². The second kappa shape index (κ2) is 4.56. The van der Waals surface area contributed by atoms with Crippen molar-refractivity contribution in [1.29, 1.82) is 0 Å². The van der Waals surface area contributed by atoms with E-state index in [0.29, 0.717) is 11.3 Å². The monoisotopic (exact) mass is 261 g/mol. The molecule has 2 aromatic rings. The van der Waals surface area contributed by atoms with Gasteiger partial charge in [-0.2, -0.15) is 0 Å². The quantitative estimate of drug-likeness (QED) is 0.879. The summed E-state index contributed by atoms with van der Waals surface area (Å²) in [6.07, 6.45) is 0. The molecule has 98 valence electrons. The first-order chi connectivity index (χ1) is 8.90. The minimum absolute atomic E-state index is 0.123. The first-order valence-corrected chi connectivity index (χ1v) is 5.45. The molecule has 0 unspecified atom stereocenters. The Morgan fingerprint density at radius 2 is 1.79 bits per heavy atom. The Morgan fingerprint density at radius 3 is 2.32 bits per heavy atom. The third kappa shape index (κ3) is 2.33. The predicted octanol–water partition coefficient (Wildman–Crippen LogP) is 2.35. The molecule has 0 saturated carbocycles. The second-order valence-corrected chi connectivity index (χ2v) is 4.15. The standard InChI is InChI=1S/C13H11NO5/c1-6-3-8(12(15)16)4-9(7(6)2)10-5-11(13(17)18)19-14-10/h3-5H,1-2H3,(H,15,16)(H,17,18). The molecule has 0 atom stereocenters. The Kier molecular flexibility index (Phi) is 3.08. The highest BCUT2D eigenvalue weighted by molar-refractivity contribution is 5.91. The van der Waals surface area contributed by atoms with Gasteiger partial charge in [0, 0.05) is 11.6 Å². The van der Waals surface area contributed by atoms with Crippen molar-refractivity contribution in [1.82, 2.24) is 5.16 Å². The summed E-state index contributed by atoms with van der Waals surface area (Å²) in [5, 5.41) is 21.5. The number of aromatic nitrogens is 1. The maximum Gasteiger partial charge on any atom is 0.374 e. The number of carboxylic acids is 2. The van der Waals surface area contributed by atoms with Crippen LogP contribution in [0.1, 0.15) is 32.0 Å². The third-order valence-electron chi connectivity index (χ3n) is 2.91. The molecule has 0 spiro atoms. The summed E-state index contributed by atoms with van der Waals surface area (Å²) in [5.74, 6) is -2.55. The number of hydrogen-bond donors (Lipinski definition) is 2. The van der Waals surface area contributed by atoms with Crippen LogP contribution in [0, 0.1) is 13.8 Å². The normalized spacial score (nSPS) is 10.4. The number of carboxylic acid groups (broad SMARTS) is 2. The maximum absolute atomic E-state index is 11.0. The van der Waals surface area contributed by atoms with Crippen molar-refractivity contribution in [2.75, 3.05) is 0 Å². The van der Waals surface area contributed by atoms with E-state index in [2.05, 4.69) is 9.68 Å². The summed E-state index contributed by atoms with van der Waals surface area (Å²) in [5.41, 5.74) is 2.60. The minimum Gasteiger partial charge on any atom is -0.478 e. The van der Waals surface area contributed by atoms with E-state index in [0.717, 1.165) is 11.1 Å². The zero-order chi connectivity index (χ0) is 14.2. The Morgan fingerprint density at radius 1 is 1.11 bits per heavy atom. The first kappa shape index (κ1) is 12.8. The van der Waals surface area contributed by atoms with Crippen LogP contribution in [0.5, 0.6) is 0 Å². The first-order valence-electron chi connectivity index (χ1n) is 5.45. The molecule has 1 heterocycles. The molecule has 0 bridgehead atoms. The summed E-state index contributed by atoms with van der Waals surface area (Å²) < 4.78 is 4.68. The number of aromatic carboxylic acids is 2. The molecule has 0 fully saturated rings. The van der Waals surface area contributed by atoms with Gasteiger partial charge in [-0.05, 0) is 37.1 Å². The molecular formula is C13H11NO5. The second-order valence-electron chi connectivity index (χ2n) is 4.15. The summed E-state index contributed by atoms with van der Waals surface area (Å²) in [6, 6.07) is 4.28. The van der Waals surface area contributed by atoms with Crippen LogP contribution in [0.4, 0.5) is 0 Å². The van der Waals surface area contributed by atoms with Gasteiger partial charge in [-0.25, -0.2) is 9.59 Å². The predicted molar refractivity (Wildman–Crippen MR) is 65.3 cm³/mol. The molecule has 2 rings (SSSR count). The van der Waals surface area contributed by atoms with Gasteiger partial charge in [0.2, 0.25) is 5.76 Å². The molecule has 6 nitrogen and oxygen atoms in total. The van der Waals surface area contributed by atoms with Crippen molar-refractivity contribution < 1.29 is 24.3 Å². The Bertz CT molecular complexity index is 672. The van der Waals surface area contributed by atoms with Crippen molar-refractivity contribution in [3.8, 4) is 11.3 Å². The van der Waals surface area contributed by atoms with Crippen molar-refractivity contribution in [2.24, 2.45) is 0 Å². The van der Waals surface area contributed by atoms with Gasteiger partial charge < -0.3 is 14.7 Å². The summed E-state index contributed by atoms with van der Waals surface area (Å²) in [7, 11) is 0. The van der Waals surface area contributed by atoms with Crippen LogP contribution in [0.15, 0.2) is 22.7 Å². The van der Waals surface area contributed by atoms with Gasteiger partial charge in [-0.1, -0.05) is 5.16 Å². The fourth-order valence-corrected chi connectivity index (χ4v) is 1.75. The number of aryl methyl sites for hydroxylation is 1. The smallest absolute Gasteiger partial charge is 0.374 e. The molecule has 1 aromatic heterocycles. The minimum atomic E-state index is -1.22. The number of nitrogens with zero attached hydrogens (tertiary/aromatic N) is 1. The van der Waals surface area contributed by atoms with E-state index in [1.165, 1.54) is 12.1 Å². The number of rotatable bonds is 3. The van der Waals surface area contributed by atoms with Crippen molar-refractivity contribution >= 4 is 11.9 Å². The van der Waals surface area contributed by atoms with Crippen LogP contribution in [0.25, 0.3) is 11.3 Å². The van der Waals surface area contributed by atoms with E-state index in [1.807, 2.05) is 6.92 Å². The van der Waals surface area contributed by atoms with Gasteiger partial charge in [0.15, 0.2) is 0 Å². The van der Waals surface area contributed by atoms with Gasteiger partial charge in [0.05, 0.1) is 5.56 Å². The largest absolute Gasteiger partial charge is 0.478 e. The Labute approximate surface area is 108 Å². The average Bonchev–Trinajstić information content (AvgIpc) is 2.81. The zero-order valence-electron chi connectivity index (χ0n) is 10.3. The van der Waals surface area contributed by atoms with Gasteiger partial charge in [0.25, 0.3) is 0 Å². The van der Waals surface area contributed by atoms with Crippen LogP contribution in [-0.2, 0) is 0 Å². The molecule has 0 aliphatic rings. The average molecular weight is 261 g/mol. The molecule has 0 saturated heterocycles. The van der Waals surface area contributed by atoms with E-state index in [4.69, 9.17) is 10.2 Å². The highest BCUT2D eigenvalue weighted by atomic mass is 16.5. The topological polar surface area (TPSA) is 101 Å². The lowest BCUT2D eigenvalue weighted by atomic mass is 9.97. The summed E-state index contributed by atoms with van der Waals surface area (Å²) in [4.78, 5) is 21.8. The third-order valence-corrected chi connectivity index (χ3v) is 2.91. The van der Waals surface area contributed by atoms with E-state index in [1.54, 1.807) is 13.0 Å². The molecule has 0 aliphatic heterocycles. The lowest BCUT2D eigenvalue weighted by Gasteiger charge is -2.07. The van der Waals surface area contributed by atoms with Crippen LogP contribution < -0.4 is 0 Å².